The zero-order valence-electron chi connectivity index (χ0n) is 14.8. The van der Waals surface area contributed by atoms with Crippen molar-refractivity contribution in [2.45, 2.75) is 59.3 Å². The fraction of sp³-hybridized carbons (Fsp3) is 0.875. The summed E-state index contributed by atoms with van der Waals surface area (Å²) in [5, 5.41) is 23.6. The van der Waals surface area contributed by atoms with Gasteiger partial charge in [-0.3, -0.25) is 9.59 Å². The number of carbonyl (C=O) groups is 2. The summed E-state index contributed by atoms with van der Waals surface area (Å²) in [7, 11) is 0. The number of unbranched alkanes of at least 4 members (excludes halogenated alkanes) is 2. The highest BCUT2D eigenvalue weighted by atomic mass is 16.5. The SMILES string of the molecule is CCCCOC(=O)CCCCC(=O)O.CCOCC.OCCO. The minimum atomic E-state index is -0.815. The van der Waals surface area contributed by atoms with Crippen LogP contribution in [0.3, 0.4) is 0 Å². The molecule has 0 heterocycles. The van der Waals surface area contributed by atoms with Gasteiger partial charge in [-0.15, -0.1) is 0 Å². The van der Waals surface area contributed by atoms with Gasteiger partial charge in [0.15, 0.2) is 0 Å². The molecule has 0 unspecified atom stereocenters. The van der Waals surface area contributed by atoms with E-state index in [0.717, 1.165) is 26.1 Å². The lowest BCUT2D eigenvalue weighted by Gasteiger charge is -2.02. The molecule has 0 radical (unpaired) electrons. The molecule has 0 saturated heterocycles. The van der Waals surface area contributed by atoms with Gasteiger partial charge in [0.25, 0.3) is 0 Å². The van der Waals surface area contributed by atoms with Gasteiger partial charge in [0.2, 0.25) is 0 Å². The zero-order chi connectivity index (χ0) is 18.3. The van der Waals surface area contributed by atoms with E-state index >= 15 is 0 Å². The van der Waals surface area contributed by atoms with Crippen LogP contribution in [-0.4, -0.2) is 60.3 Å². The molecule has 0 fully saturated rings. The molecule has 0 atom stereocenters. The van der Waals surface area contributed by atoms with E-state index in [1.165, 1.54) is 0 Å². The van der Waals surface area contributed by atoms with E-state index in [0.29, 0.717) is 25.9 Å². The Morgan fingerprint density at radius 2 is 1.39 bits per heavy atom. The summed E-state index contributed by atoms with van der Waals surface area (Å²) in [4.78, 5) is 21.1. The number of carbonyl (C=O) groups excluding carboxylic acids is 1. The molecule has 7 heteroatoms. The average molecular weight is 338 g/mol. The summed E-state index contributed by atoms with van der Waals surface area (Å²) in [5.74, 6) is -1.03. The fourth-order valence-electron chi connectivity index (χ4n) is 1.15. The summed E-state index contributed by atoms with van der Waals surface area (Å²) < 4.78 is 9.74. The van der Waals surface area contributed by atoms with Crippen molar-refractivity contribution in [3.8, 4) is 0 Å². The Morgan fingerprint density at radius 1 is 0.870 bits per heavy atom. The molecule has 0 spiro atoms. The Morgan fingerprint density at radius 3 is 1.74 bits per heavy atom. The van der Waals surface area contributed by atoms with Crippen molar-refractivity contribution < 1.29 is 34.4 Å². The fourth-order valence-corrected chi connectivity index (χ4v) is 1.15. The highest BCUT2D eigenvalue weighted by molar-refractivity contribution is 5.69. The number of aliphatic carboxylic acids is 1. The Balaban J connectivity index is -0.000000365. The number of carboxylic acid groups (broad SMARTS) is 1. The summed E-state index contributed by atoms with van der Waals surface area (Å²) in [6.45, 7) is 7.93. The van der Waals surface area contributed by atoms with Crippen molar-refractivity contribution in [2.24, 2.45) is 0 Å². The molecule has 0 aliphatic heterocycles. The van der Waals surface area contributed by atoms with Gasteiger partial charge in [-0.2, -0.15) is 0 Å². The lowest BCUT2D eigenvalue weighted by molar-refractivity contribution is -0.144. The number of carboxylic acids is 1. The normalized spacial score (nSPS) is 9.09. The molecule has 0 bridgehead atoms. The molecular formula is C16H34O7. The maximum absolute atomic E-state index is 11.0. The number of aliphatic hydroxyl groups is 2. The third-order valence-electron chi connectivity index (χ3n) is 2.29. The molecule has 0 aliphatic rings. The summed E-state index contributed by atoms with van der Waals surface area (Å²) >= 11 is 0. The molecule has 3 N–H and O–H groups in total. The minimum absolute atomic E-state index is 0.125. The Kier molecular flexibility index (Phi) is 29.9. The van der Waals surface area contributed by atoms with Gasteiger partial charge in [0.05, 0.1) is 19.8 Å². The van der Waals surface area contributed by atoms with Gasteiger partial charge in [0, 0.05) is 26.1 Å². The highest BCUT2D eigenvalue weighted by Crippen LogP contribution is 2.01. The van der Waals surface area contributed by atoms with Gasteiger partial charge in [0.1, 0.15) is 0 Å². The number of hydrogen-bond donors (Lipinski definition) is 3. The Labute approximate surface area is 139 Å². The number of rotatable bonds is 11. The maximum Gasteiger partial charge on any atom is 0.305 e. The maximum atomic E-state index is 11.0. The standard InChI is InChI=1S/C10H18O4.C4H10O.C2H6O2/c1-2-3-8-14-10(13)7-5-4-6-9(11)12;1-3-5-4-2;3-1-2-4/h2-8H2,1H3,(H,11,12);3-4H2,1-2H3;3-4H,1-2H2. The van der Waals surface area contributed by atoms with Crippen LogP contribution in [0.4, 0.5) is 0 Å². The van der Waals surface area contributed by atoms with Crippen LogP contribution in [0, 0.1) is 0 Å². The van der Waals surface area contributed by atoms with Crippen molar-refractivity contribution in [3.05, 3.63) is 0 Å². The second-order valence-corrected chi connectivity index (χ2v) is 4.40. The molecule has 0 rings (SSSR count). The van der Waals surface area contributed by atoms with Crippen LogP contribution < -0.4 is 0 Å². The third-order valence-corrected chi connectivity index (χ3v) is 2.29. The van der Waals surface area contributed by atoms with Crippen LogP contribution in [0.2, 0.25) is 0 Å². The zero-order valence-corrected chi connectivity index (χ0v) is 14.8. The molecule has 23 heavy (non-hydrogen) atoms. The first-order valence-corrected chi connectivity index (χ1v) is 8.16. The minimum Gasteiger partial charge on any atom is -0.481 e. The lowest BCUT2D eigenvalue weighted by atomic mass is 10.2. The van der Waals surface area contributed by atoms with Gasteiger partial charge >= 0.3 is 11.9 Å². The monoisotopic (exact) mass is 338 g/mol. The van der Waals surface area contributed by atoms with Crippen LogP contribution >= 0.6 is 0 Å². The second kappa shape index (κ2) is 25.8. The van der Waals surface area contributed by atoms with Crippen molar-refractivity contribution in [1.82, 2.24) is 0 Å². The van der Waals surface area contributed by atoms with E-state index in [9.17, 15) is 9.59 Å². The van der Waals surface area contributed by atoms with Crippen LogP contribution in [-0.2, 0) is 19.1 Å². The molecule has 0 saturated carbocycles. The van der Waals surface area contributed by atoms with Crippen molar-refractivity contribution >= 4 is 11.9 Å². The van der Waals surface area contributed by atoms with Crippen LogP contribution in [0.5, 0.6) is 0 Å². The molecule has 140 valence electrons. The summed E-state index contributed by atoms with van der Waals surface area (Å²) in [6.07, 6.45) is 3.49. The van der Waals surface area contributed by atoms with Crippen LogP contribution in [0.1, 0.15) is 59.3 Å². The number of aliphatic hydroxyl groups excluding tert-OH is 2. The average Bonchev–Trinajstić information content (AvgIpc) is 2.53. The van der Waals surface area contributed by atoms with E-state index in [2.05, 4.69) is 0 Å². The quantitative estimate of drug-likeness (QED) is 0.390. The number of esters is 1. The first-order chi connectivity index (χ1) is 11.0. The smallest absolute Gasteiger partial charge is 0.305 e. The number of hydrogen-bond acceptors (Lipinski definition) is 6. The molecule has 0 aromatic rings. The van der Waals surface area contributed by atoms with Gasteiger partial charge < -0.3 is 24.8 Å². The Bertz CT molecular complexity index is 241. The van der Waals surface area contributed by atoms with Gasteiger partial charge in [-0.05, 0) is 33.1 Å². The second-order valence-electron chi connectivity index (χ2n) is 4.40. The molecule has 0 amide bonds. The molecule has 7 nitrogen and oxygen atoms in total. The van der Waals surface area contributed by atoms with E-state index < -0.39 is 5.97 Å². The first-order valence-electron chi connectivity index (χ1n) is 8.16. The van der Waals surface area contributed by atoms with Gasteiger partial charge in [-0.25, -0.2) is 0 Å². The van der Waals surface area contributed by atoms with Crippen molar-refractivity contribution in [3.63, 3.8) is 0 Å². The highest BCUT2D eigenvalue weighted by Gasteiger charge is 2.03. The first kappa shape index (κ1) is 26.7. The molecule has 0 aromatic heterocycles. The molecule has 0 aromatic carbocycles. The molecular weight excluding hydrogens is 304 g/mol. The number of ether oxygens (including phenoxy) is 2. The van der Waals surface area contributed by atoms with Crippen LogP contribution in [0.25, 0.3) is 0 Å². The summed E-state index contributed by atoms with van der Waals surface area (Å²) in [6, 6.07) is 0. The van der Waals surface area contributed by atoms with Crippen molar-refractivity contribution in [2.75, 3.05) is 33.0 Å². The summed E-state index contributed by atoms with van der Waals surface area (Å²) in [5.41, 5.74) is 0. The van der Waals surface area contributed by atoms with Gasteiger partial charge in [-0.1, -0.05) is 13.3 Å². The van der Waals surface area contributed by atoms with E-state index in [-0.39, 0.29) is 25.6 Å². The largest absolute Gasteiger partial charge is 0.481 e. The van der Waals surface area contributed by atoms with E-state index in [1.54, 1.807) is 0 Å². The lowest BCUT2D eigenvalue weighted by Crippen LogP contribution is -2.05. The topological polar surface area (TPSA) is 113 Å². The molecule has 0 aliphatic carbocycles. The predicted molar refractivity (Wildman–Crippen MR) is 88.3 cm³/mol. The van der Waals surface area contributed by atoms with Crippen LogP contribution in [0.15, 0.2) is 0 Å². The third kappa shape index (κ3) is 38.6. The van der Waals surface area contributed by atoms with E-state index in [4.69, 9.17) is 24.8 Å². The predicted octanol–water partition coefficient (Wildman–Crippen LogP) is 1.99. The van der Waals surface area contributed by atoms with E-state index in [1.807, 2.05) is 20.8 Å². The Hall–Kier alpha value is -1.18. The van der Waals surface area contributed by atoms with Crippen molar-refractivity contribution in [1.29, 1.82) is 0 Å².